The number of pyridine rings is 2. The van der Waals surface area contributed by atoms with Crippen LogP contribution in [-0.2, 0) is 16.1 Å². The van der Waals surface area contributed by atoms with E-state index in [2.05, 4.69) is 30.6 Å². The third kappa shape index (κ3) is 7.40. The van der Waals surface area contributed by atoms with Crippen LogP contribution in [0.1, 0.15) is 89.8 Å². The van der Waals surface area contributed by atoms with E-state index in [9.17, 15) is 14.4 Å². The average Bonchev–Trinajstić information content (AvgIpc) is 3.66. The Labute approximate surface area is 291 Å². The van der Waals surface area contributed by atoms with Crippen molar-refractivity contribution in [2.45, 2.75) is 77.7 Å². The van der Waals surface area contributed by atoms with Gasteiger partial charge in [-0.3, -0.25) is 23.9 Å². The molecule has 4 aromatic rings. The molecule has 0 radical (unpaired) electrons. The van der Waals surface area contributed by atoms with Crippen LogP contribution in [0.4, 0.5) is 17.5 Å². The molecule has 7 rings (SSSR count). The van der Waals surface area contributed by atoms with Crippen molar-refractivity contribution in [1.29, 1.82) is 0 Å². The molecule has 262 valence electrons. The summed E-state index contributed by atoms with van der Waals surface area (Å²) in [5, 5.41) is 3.92. The van der Waals surface area contributed by atoms with Crippen LogP contribution in [0.3, 0.4) is 0 Å². The van der Waals surface area contributed by atoms with Crippen molar-refractivity contribution < 1.29 is 19.2 Å². The number of anilines is 3. The highest BCUT2D eigenvalue weighted by molar-refractivity contribution is 5.99. The van der Waals surface area contributed by atoms with E-state index in [4.69, 9.17) is 14.6 Å². The number of ketones is 1. The van der Waals surface area contributed by atoms with Crippen LogP contribution in [0.25, 0.3) is 11.0 Å². The van der Waals surface area contributed by atoms with Crippen LogP contribution in [-0.4, -0.2) is 75.2 Å². The van der Waals surface area contributed by atoms with Crippen molar-refractivity contribution in [2.75, 3.05) is 43.0 Å². The minimum atomic E-state index is -0.376. The van der Waals surface area contributed by atoms with Crippen molar-refractivity contribution in [2.24, 2.45) is 0 Å². The number of amides is 1. The summed E-state index contributed by atoms with van der Waals surface area (Å²) < 4.78 is 7.22. The maximum absolute atomic E-state index is 13.5. The minimum Gasteiger partial charge on any atom is -0.368 e. The molecule has 1 unspecified atom stereocenters. The Balaban J connectivity index is 0.943. The summed E-state index contributed by atoms with van der Waals surface area (Å²) in [5.74, 6) is 0.440. The minimum absolute atomic E-state index is 0.0188. The smallest absolute Gasteiger partial charge is 0.274 e. The molecule has 13 nitrogen and oxygen atoms in total. The molecule has 2 aliphatic heterocycles. The molecule has 2 N–H and O–H groups in total. The number of piperazine rings is 1. The Morgan fingerprint density at radius 1 is 0.940 bits per heavy atom. The molecule has 3 fully saturated rings. The van der Waals surface area contributed by atoms with E-state index >= 15 is 0 Å². The standard InChI is InChI=1S/C37H44N8O5/c1-24-30-22-39-37(41-34(30)45(28-7-3-4-8-28)36(48)33(24)25(2)46)40-31-15-14-29(21-38-31)44-18-16-43(17-19-44)23-26-10-12-27(13-11-26)35(47)42-50-32-9-5-6-20-49-32/h10-15,21-22,28,32H,3-9,16-20,23H2,1-2H3,(H,42,47)(H,38,39,40,41). The van der Waals surface area contributed by atoms with Gasteiger partial charge in [-0.05, 0) is 74.9 Å². The summed E-state index contributed by atoms with van der Waals surface area (Å²) in [6.45, 7) is 8.22. The fraction of sp³-hybridized carbons (Fsp3) is 0.459. The quantitative estimate of drug-likeness (QED) is 0.171. The average molecular weight is 681 g/mol. The molecule has 1 saturated carbocycles. The fourth-order valence-corrected chi connectivity index (χ4v) is 7.24. The van der Waals surface area contributed by atoms with Crippen LogP contribution >= 0.6 is 0 Å². The van der Waals surface area contributed by atoms with Crippen molar-refractivity contribution >= 4 is 40.2 Å². The van der Waals surface area contributed by atoms with Gasteiger partial charge in [0.15, 0.2) is 12.1 Å². The third-order valence-corrected chi connectivity index (χ3v) is 10.0. The summed E-state index contributed by atoms with van der Waals surface area (Å²) >= 11 is 0. The van der Waals surface area contributed by atoms with E-state index < -0.39 is 0 Å². The maximum atomic E-state index is 13.5. The summed E-state index contributed by atoms with van der Waals surface area (Å²) in [5.41, 5.74) is 6.37. The molecule has 1 aliphatic carbocycles. The number of aryl methyl sites for hydroxylation is 1. The number of hydrogen-bond acceptors (Lipinski definition) is 11. The number of nitrogens with zero attached hydrogens (tertiary/aromatic N) is 6. The number of fused-ring (bicyclic) bond motifs is 1. The Morgan fingerprint density at radius 3 is 2.38 bits per heavy atom. The van der Waals surface area contributed by atoms with Gasteiger partial charge in [-0.15, -0.1) is 0 Å². The van der Waals surface area contributed by atoms with Gasteiger partial charge in [0.05, 0.1) is 17.4 Å². The number of aromatic nitrogens is 4. The molecular weight excluding hydrogens is 636 g/mol. The molecule has 1 atom stereocenters. The fourth-order valence-electron chi connectivity index (χ4n) is 7.24. The molecular formula is C37H44N8O5. The zero-order chi connectivity index (χ0) is 34.6. The molecule has 1 aromatic carbocycles. The largest absolute Gasteiger partial charge is 0.368 e. The summed E-state index contributed by atoms with van der Waals surface area (Å²) in [7, 11) is 0. The first kappa shape index (κ1) is 33.8. The van der Waals surface area contributed by atoms with Gasteiger partial charge in [0, 0.05) is 68.9 Å². The molecule has 0 spiro atoms. The number of rotatable bonds is 10. The first-order valence-corrected chi connectivity index (χ1v) is 17.6. The SMILES string of the molecule is CC(=O)c1c(C)c2cnc(Nc3ccc(N4CCN(Cc5ccc(C(=O)NOC6CCCCO6)cc5)CC4)cn3)nc2n(C2CCCC2)c1=O. The second-order valence-corrected chi connectivity index (χ2v) is 13.4. The highest BCUT2D eigenvalue weighted by Crippen LogP contribution is 2.32. The molecule has 0 bridgehead atoms. The van der Waals surface area contributed by atoms with Crippen molar-refractivity contribution in [1.82, 2.24) is 29.9 Å². The Kier molecular flexibility index (Phi) is 10.2. The third-order valence-electron chi connectivity index (χ3n) is 10.0. The lowest BCUT2D eigenvalue weighted by Crippen LogP contribution is -2.46. The zero-order valence-corrected chi connectivity index (χ0v) is 28.7. The molecule has 3 aromatic heterocycles. The Morgan fingerprint density at radius 2 is 1.70 bits per heavy atom. The van der Waals surface area contributed by atoms with Gasteiger partial charge in [0.1, 0.15) is 11.5 Å². The lowest BCUT2D eigenvalue weighted by Gasteiger charge is -2.36. The number of benzene rings is 1. The Bertz CT molecular complexity index is 1890. The first-order valence-electron chi connectivity index (χ1n) is 17.6. The van der Waals surface area contributed by atoms with Gasteiger partial charge in [-0.2, -0.15) is 4.98 Å². The van der Waals surface area contributed by atoms with Gasteiger partial charge in [0.25, 0.3) is 11.5 Å². The lowest BCUT2D eigenvalue weighted by atomic mass is 10.0. The molecule has 1 amide bonds. The summed E-state index contributed by atoms with van der Waals surface area (Å²) in [6.07, 6.45) is 9.88. The van der Waals surface area contributed by atoms with Crippen LogP contribution in [0.2, 0.25) is 0 Å². The molecule has 5 heterocycles. The van der Waals surface area contributed by atoms with Crippen LogP contribution in [0.15, 0.2) is 53.6 Å². The van der Waals surface area contributed by atoms with E-state index in [-0.39, 0.29) is 35.1 Å². The van der Waals surface area contributed by atoms with Crippen LogP contribution < -0.4 is 21.3 Å². The molecule has 13 heteroatoms. The topological polar surface area (TPSA) is 144 Å². The Hall–Kier alpha value is -4.72. The predicted molar refractivity (Wildman–Crippen MR) is 190 cm³/mol. The highest BCUT2D eigenvalue weighted by Gasteiger charge is 2.26. The van der Waals surface area contributed by atoms with Gasteiger partial charge >= 0.3 is 0 Å². The molecule has 2 saturated heterocycles. The molecule has 50 heavy (non-hydrogen) atoms. The van der Waals surface area contributed by atoms with Crippen LogP contribution in [0, 0.1) is 6.92 Å². The normalized spacial score (nSPS) is 18.8. The second-order valence-electron chi connectivity index (χ2n) is 13.4. The van der Waals surface area contributed by atoms with E-state index in [1.54, 1.807) is 17.7 Å². The number of hydrogen-bond donors (Lipinski definition) is 2. The van der Waals surface area contributed by atoms with E-state index in [0.29, 0.717) is 40.5 Å². The predicted octanol–water partition coefficient (Wildman–Crippen LogP) is 5.07. The zero-order valence-electron chi connectivity index (χ0n) is 28.7. The van der Waals surface area contributed by atoms with Crippen molar-refractivity contribution in [3.8, 4) is 0 Å². The van der Waals surface area contributed by atoms with E-state index in [1.807, 2.05) is 42.6 Å². The van der Waals surface area contributed by atoms with Gasteiger partial charge in [-0.25, -0.2) is 20.3 Å². The number of Topliss-reactive ketones (excluding diaryl/α,β-unsaturated/α-hetero) is 1. The molecule has 3 aliphatic rings. The van der Waals surface area contributed by atoms with Gasteiger partial charge < -0.3 is 15.0 Å². The lowest BCUT2D eigenvalue weighted by molar-refractivity contribution is -0.186. The van der Waals surface area contributed by atoms with Crippen LogP contribution in [0.5, 0.6) is 0 Å². The monoisotopic (exact) mass is 680 g/mol. The number of carbonyl (C=O) groups excluding carboxylic acids is 2. The van der Waals surface area contributed by atoms with Crippen molar-refractivity contribution in [3.05, 3.63) is 81.4 Å². The van der Waals surface area contributed by atoms with Gasteiger partial charge in [-0.1, -0.05) is 25.0 Å². The number of hydroxylamine groups is 1. The maximum Gasteiger partial charge on any atom is 0.274 e. The number of ether oxygens (including phenoxy) is 1. The second kappa shape index (κ2) is 15.0. The van der Waals surface area contributed by atoms with E-state index in [1.165, 1.54) is 6.92 Å². The van der Waals surface area contributed by atoms with Gasteiger partial charge in [0.2, 0.25) is 5.95 Å². The number of carbonyl (C=O) groups is 2. The first-order chi connectivity index (χ1) is 24.3. The van der Waals surface area contributed by atoms with E-state index in [0.717, 1.165) is 88.9 Å². The highest BCUT2D eigenvalue weighted by atomic mass is 16.8. The number of nitrogens with one attached hydrogen (secondary N) is 2. The summed E-state index contributed by atoms with van der Waals surface area (Å²) in [4.78, 5) is 62.5. The van der Waals surface area contributed by atoms with Crippen molar-refractivity contribution in [3.63, 3.8) is 0 Å². The summed E-state index contributed by atoms with van der Waals surface area (Å²) in [6, 6.07) is 11.6.